The summed E-state index contributed by atoms with van der Waals surface area (Å²) < 4.78 is 6.12. The number of rotatable bonds is 4. The number of benzene rings is 4. The topological polar surface area (TPSA) is 98.3 Å². The number of para-hydroxylation sites is 1. The second-order valence-corrected chi connectivity index (χ2v) is 7.36. The van der Waals surface area contributed by atoms with Gasteiger partial charge in [0.15, 0.2) is 5.58 Å². The van der Waals surface area contributed by atoms with Crippen LogP contribution in [0.25, 0.3) is 33.3 Å². The van der Waals surface area contributed by atoms with Crippen molar-refractivity contribution < 1.29 is 14.1 Å². The maximum atomic E-state index is 13.0. The number of aromatic nitrogens is 1. The van der Waals surface area contributed by atoms with Gasteiger partial charge in [-0.25, -0.2) is 4.98 Å². The molecular weight excluding hydrogens is 406 g/mol. The first-order valence-corrected chi connectivity index (χ1v) is 9.96. The number of anilines is 1. The number of hydrogen-bond donors (Lipinski definition) is 1. The minimum absolute atomic E-state index is 0.100. The molecule has 1 N–H and O–H groups in total. The molecule has 0 aliphatic heterocycles. The first-order chi connectivity index (χ1) is 15.5. The lowest BCUT2D eigenvalue weighted by atomic mass is 10.1. The molecule has 5 aromatic rings. The Labute approximate surface area is 182 Å². The van der Waals surface area contributed by atoms with Crippen LogP contribution < -0.4 is 5.32 Å². The summed E-state index contributed by atoms with van der Waals surface area (Å²) >= 11 is 0. The van der Waals surface area contributed by atoms with Crippen LogP contribution in [0.15, 0.2) is 83.3 Å². The van der Waals surface area contributed by atoms with Gasteiger partial charge in [0.2, 0.25) is 5.89 Å². The molecule has 0 radical (unpaired) electrons. The fraction of sp³-hybridized carbons (Fsp3) is 0.0400. The highest BCUT2D eigenvalue weighted by atomic mass is 16.6. The Morgan fingerprint density at radius 1 is 0.969 bits per heavy atom. The minimum Gasteiger partial charge on any atom is -0.435 e. The molecule has 7 heteroatoms. The third-order valence-electron chi connectivity index (χ3n) is 5.43. The number of nitro groups is 1. The van der Waals surface area contributed by atoms with Gasteiger partial charge < -0.3 is 9.73 Å². The van der Waals surface area contributed by atoms with E-state index in [0.717, 1.165) is 10.8 Å². The zero-order valence-electron chi connectivity index (χ0n) is 17.0. The first kappa shape index (κ1) is 19.4. The zero-order chi connectivity index (χ0) is 22.2. The van der Waals surface area contributed by atoms with Gasteiger partial charge in [-0.1, -0.05) is 48.5 Å². The highest BCUT2D eigenvalue weighted by Gasteiger charge is 2.20. The van der Waals surface area contributed by atoms with Crippen LogP contribution >= 0.6 is 0 Å². The molecule has 0 fully saturated rings. The van der Waals surface area contributed by atoms with Crippen molar-refractivity contribution in [3.8, 4) is 11.5 Å². The van der Waals surface area contributed by atoms with E-state index in [4.69, 9.17) is 4.42 Å². The molecule has 32 heavy (non-hydrogen) atoms. The summed E-state index contributed by atoms with van der Waals surface area (Å²) in [6.45, 7) is 1.56. The number of hydrogen-bond acceptors (Lipinski definition) is 5. The van der Waals surface area contributed by atoms with Crippen molar-refractivity contribution in [1.82, 2.24) is 4.98 Å². The lowest BCUT2D eigenvalue weighted by molar-refractivity contribution is -0.385. The molecule has 0 saturated carbocycles. The fourth-order valence-corrected chi connectivity index (χ4v) is 3.81. The summed E-state index contributed by atoms with van der Waals surface area (Å²) in [7, 11) is 0. The van der Waals surface area contributed by atoms with Gasteiger partial charge in [0.1, 0.15) is 5.52 Å². The van der Waals surface area contributed by atoms with Gasteiger partial charge in [0, 0.05) is 22.6 Å². The molecular formula is C25H17N3O4. The van der Waals surface area contributed by atoms with Crippen LogP contribution in [0.5, 0.6) is 0 Å². The molecule has 0 bridgehead atoms. The lowest BCUT2D eigenvalue weighted by Crippen LogP contribution is -2.14. The lowest BCUT2D eigenvalue weighted by Gasteiger charge is -2.10. The van der Waals surface area contributed by atoms with E-state index < -0.39 is 10.8 Å². The van der Waals surface area contributed by atoms with Gasteiger partial charge in [0.05, 0.1) is 16.2 Å². The van der Waals surface area contributed by atoms with E-state index in [1.165, 1.54) is 12.1 Å². The quantitative estimate of drug-likeness (QED) is 0.277. The number of carbonyl (C=O) groups is 1. The molecule has 0 spiro atoms. The van der Waals surface area contributed by atoms with E-state index in [9.17, 15) is 14.9 Å². The Bertz CT molecular complexity index is 1520. The molecule has 5 rings (SSSR count). The summed E-state index contributed by atoms with van der Waals surface area (Å²) in [5, 5.41) is 16.1. The normalized spacial score (nSPS) is 11.0. The number of nitrogens with one attached hydrogen (secondary N) is 1. The molecule has 1 aromatic heterocycles. The van der Waals surface area contributed by atoms with Gasteiger partial charge in [-0.3, -0.25) is 14.9 Å². The van der Waals surface area contributed by atoms with Crippen LogP contribution in [0.1, 0.15) is 15.9 Å². The third-order valence-corrected chi connectivity index (χ3v) is 5.43. The smallest absolute Gasteiger partial charge is 0.273 e. The van der Waals surface area contributed by atoms with Crippen LogP contribution in [-0.4, -0.2) is 15.8 Å². The van der Waals surface area contributed by atoms with E-state index in [-0.39, 0.29) is 11.3 Å². The molecule has 156 valence electrons. The maximum Gasteiger partial charge on any atom is 0.273 e. The van der Waals surface area contributed by atoms with E-state index in [1.807, 2.05) is 48.5 Å². The summed E-state index contributed by atoms with van der Waals surface area (Å²) in [5.74, 6) is -0.0665. The predicted molar refractivity (Wildman–Crippen MR) is 123 cm³/mol. The highest BCUT2D eigenvalue weighted by Crippen LogP contribution is 2.33. The number of fused-ring (bicyclic) bond motifs is 3. The number of carbonyl (C=O) groups excluding carboxylic acids is 1. The van der Waals surface area contributed by atoms with Crippen molar-refractivity contribution in [2.45, 2.75) is 6.92 Å². The standard InChI is InChI=1S/C25H17N3O4/c1-15-17(10-6-12-22(15)28(30)31)24(29)26-20-11-5-4-9-19(20)25-27-21-14-13-16-7-2-3-8-18(16)23(21)32-25/h2-14H,1H3,(H,26,29). The molecule has 1 amide bonds. The summed E-state index contributed by atoms with van der Waals surface area (Å²) in [5.41, 5.74) is 2.95. The van der Waals surface area contributed by atoms with Crippen molar-refractivity contribution in [3.05, 3.63) is 100 Å². The van der Waals surface area contributed by atoms with Crippen molar-refractivity contribution in [3.63, 3.8) is 0 Å². The highest BCUT2D eigenvalue weighted by molar-refractivity contribution is 6.08. The second-order valence-electron chi connectivity index (χ2n) is 7.36. The SMILES string of the molecule is Cc1c(C(=O)Nc2ccccc2-c2nc3ccc4ccccc4c3o2)cccc1[N+](=O)[O-]. The van der Waals surface area contributed by atoms with Crippen LogP contribution in [0.4, 0.5) is 11.4 Å². The van der Waals surface area contributed by atoms with Gasteiger partial charge in [-0.2, -0.15) is 0 Å². The predicted octanol–water partition coefficient (Wildman–Crippen LogP) is 6.12. The monoisotopic (exact) mass is 423 g/mol. The summed E-state index contributed by atoms with van der Waals surface area (Å²) in [6.07, 6.45) is 0. The number of nitro benzene ring substituents is 1. The number of oxazole rings is 1. The maximum absolute atomic E-state index is 13.0. The first-order valence-electron chi connectivity index (χ1n) is 9.96. The van der Waals surface area contributed by atoms with Crippen LogP contribution in [0.3, 0.4) is 0 Å². The Kier molecular flexibility index (Phi) is 4.63. The van der Waals surface area contributed by atoms with Gasteiger partial charge in [-0.15, -0.1) is 0 Å². The van der Waals surface area contributed by atoms with Crippen molar-refractivity contribution in [2.75, 3.05) is 5.32 Å². The zero-order valence-corrected chi connectivity index (χ0v) is 17.0. The van der Waals surface area contributed by atoms with Gasteiger partial charge in [-0.05, 0) is 36.6 Å². The average molecular weight is 423 g/mol. The Hall–Kier alpha value is -4.52. The number of nitrogens with zero attached hydrogens (tertiary/aromatic N) is 2. The molecule has 0 atom stereocenters. The Morgan fingerprint density at radius 2 is 1.75 bits per heavy atom. The second kappa shape index (κ2) is 7.63. The third kappa shape index (κ3) is 3.26. The Balaban J connectivity index is 1.55. The number of amides is 1. The van der Waals surface area contributed by atoms with Crippen LogP contribution in [-0.2, 0) is 0 Å². The average Bonchev–Trinajstić information content (AvgIpc) is 3.24. The van der Waals surface area contributed by atoms with Gasteiger partial charge in [0.25, 0.3) is 11.6 Å². The molecule has 0 aliphatic rings. The van der Waals surface area contributed by atoms with Crippen LogP contribution in [0.2, 0.25) is 0 Å². The fourth-order valence-electron chi connectivity index (χ4n) is 3.81. The van der Waals surface area contributed by atoms with E-state index in [0.29, 0.717) is 33.8 Å². The molecule has 0 aliphatic carbocycles. The van der Waals surface area contributed by atoms with Gasteiger partial charge >= 0.3 is 0 Å². The summed E-state index contributed by atoms with van der Waals surface area (Å²) in [6, 6.07) is 23.4. The van der Waals surface area contributed by atoms with Crippen LogP contribution in [0, 0.1) is 17.0 Å². The van der Waals surface area contributed by atoms with Crippen molar-refractivity contribution in [2.24, 2.45) is 0 Å². The largest absolute Gasteiger partial charge is 0.435 e. The molecule has 1 heterocycles. The van der Waals surface area contributed by atoms with Crippen molar-refractivity contribution in [1.29, 1.82) is 0 Å². The van der Waals surface area contributed by atoms with Crippen molar-refractivity contribution >= 4 is 39.2 Å². The van der Waals surface area contributed by atoms with E-state index >= 15 is 0 Å². The molecule has 0 saturated heterocycles. The molecule has 7 nitrogen and oxygen atoms in total. The van der Waals surface area contributed by atoms with E-state index in [1.54, 1.807) is 25.1 Å². The Morgan fingerprint density at radius 3 is 2.59 bits per heavy atom. The summed E-state index contributed by atoms with van der Waals surface area (Å²) in [4.78, 5) is 28.3. The minimum atomic E-state index is -0.497. The molecule has 0 unspecified atom stereocenters. The molecule has 4 aromatic carbocycles. The van der Waals surface area contributed by atoms with E-state index in [2.05, 4.69) is 10.3 Å².